The fourth-order valence-electron chi connectivity index (χ4n) is 2.52. The van der Waals surface area contributed by atoms with Gasteiger partial charge in [-0.05, 0) is 17.3 Å². The molecule has 0 aliphatic heterocycles. The van der Waals surface area contributed by atoms with Gasteiger partial charge in [-0.1, -0.05) is 99.6 Å². The second kappa shape index (κ2) is 17.3. The molecule has 0 rings (SSSR count). The van der Waals surface area contributed by atoms with Gasteiger partial charge in [0, 0.05) is 6.42 Å². The summed E-state index contributed by atoms with van der Waals surface area (Å²) < 4.78 is 1.32. The van der Waals surface area contributed by atoms with Gasteiger partial charge in [-0.2, -0.15) is 0 Å². The Bertz CT molecular complexity index is 209. The van der Waals surface area contributed by atoms with Crippen molar-refractivity contribution in [3.8, 4) is 0 Å². The van der Waals surface area contributed by atoms with E-state index in [1.807, 2.05) is 0 Å². The summed E-state index contributed by atoms with van der Waals surface area (Å²) in [6, 6.07) is 0. The molecule has 120 valence electrons. The van der Waals surface area contributed by atoms with Gasteiger partial charge in [-0.25, -0.2) is 0 Å². The van der Waals surface area contributed by atoms with Crippen LogP contribution in [-0.4, -0.2) is 10.3 Å². The summed E-state index contributed by atoms with van der Waals surface area (Å²) in [6.45, 7) is 0. The van der Waals surface area contributed by atoms with E-state index >= 15 is 0 Å². The van der Waals surface area contributed by atoms with Crippen molar-refractivity contribution in [2.45, 2.75) is 96.3 Å². The van der Waals surface area contributed by atoms with Crippen molar-refractivity contribution >= 4 is 28.5 Å². The van der Waals surface area contributed by atoms with Gasteiger partial charge < -0.3 is 5.73 Å². The SMILES string of the molecule is NC(=O)CCCCCCCCCCCCCCCCI. The molecule has 0 aliphatic rings. The monoisotopic (exact) mass is 395 g/mol. The van der Waals surface area contributed by atoms with Crippen LogP contribution < -0.4 is 5.73 Å². The van der Waals surface area contributed by atoms with Crippen molar-refractivity contribution in [2.75, 3.05) is 4.43 Å². The Hall–Kier alpha value is 0.200. The zero-order valence-corrected chi connectivity index (χ0v) is 15.3. The van der Waals surface area contributed by atoms with Gasteiger partial charge in [-0.3, -0.25) is 4.79 Å². The summed E-state index contributed by atoms with van der Waals surface area (Å²) >= 11 is 2.47. The summed E-state index contributed by atoms with van der Waals surface area (Å²) in [5.74, 6) is -0.153. The number of carbonyl (C=O) groups is 1. The number of halogens is 1. The molecule has 0 unspecified atom stereocenters. The average molecular weight is 395 g/mol. The van der Waals surface area contributed by atoms with Gasteiger partial charge in [0.1, 0.15) is 0 Å². The lowest BCUT2D eigenvalue weighted by Gasteiger charge is -2.03. The first-order valence-corrected chi connectivity index (χ1v) is 10.1. The molecule has 0 aromatic heterocycles. The number of primary amides is 1. The van der Waals surface area contributed by atoms with Crippen LogP contribution in [0, 0.1) is 0 Å². The topological polar surface area (TPSA) is 43.1 Å². The predicted molar refractivity (Wildman–Crippen MR) is 97.3 cm³/mol. The van der Waals surface area contributed by atoms with Gasteiger partial charge in [0.05, 0.1) is 0 Å². The van der Waals surface area contributed by atoms with E-state index in [2.05, 4.69) is 22.6 Å². The first kappa shape index (κ1) is 20.2. The van der Waals surface area contributed by atoms with Gasteiger partial charge in [-0.15, -0.1) is 0 Å². The van der Waals surface area contributed by atoms with E-state index in [4.69, 9.17) is 5.73 Å². The Morgan fingerprint density at radius 3 is 1.20 bits per heavy atom. The second-order valence-corrected chi connectivity index (χ2v) is 6.93. The maximum atomic E-state index is 10.6. The number of unbranched alkanes of at least 4 members (excludes halogenated alkanes) is 13. The fraction of sp³-hybridized carbons (Fsp3) is 0.941. The van der Waals surface area contributed by atoms with Crippen LogP contribution in [0.1, 0.15) is 96.3 Å². The smallest absolute Gasteiger partial charge is 0.217 e. The number of hydrogen-bond acceptors (Lipinski definition) is 1. The summed E-state index contributed by atoms with van der Waals surface area (Å²) in [5, 5.41) is 0. The molecular weight excluding hydrogens is 361 g/mol. The van der Waals surface area contributed by atoms with Crippen molar-refractivity contribution in [3.63, 3.8) is 0 Å². The number of hydrogen-bond donors (Lipinski definition) is 1. The quantitative estimate of drug-likeness (QED) is 0.202. The second-order valence-electron chi connectivity index (χ2n) is 5.86. The largest absolute Gasteiger partial charge is 0.370 e. The van der Waals surface area contributed by atoms with Crippen molar-refractivity contribution in [1.29, 1.82) is 0 Å². The van der Waals surface area contributed by atoms with E-state index in [-0.39, 0.29) is 5.91 Å². The van der Waals surface area contributed by atoms with E-state index < -0.39 is 0 Å². The molecular formula is C17H34INO. The molecule has 0 saturated heterocycles. The van der Waals surface area contributed by atoms with E-state index in [1.165, 1.54) is 87.9 Å². The molecule has 1 amide bonds. The van der Waals surface area contributed by atoms with Crippen LogP contribution in [0.2, 0.25) is 0 Å². The van der Waals surface area contributed by atoms with Crippen molar-refractivity contribution < 1.29 is 4.79 Å². The normalized spacial score (nSPS) is 10.8. The highest BCUT2D eigenvalue weighted by Gasteiger charge is 1.96. The predicted octanol–water partition coefficient (Wildman–Crippen LogP) is 5.76. The zero-order valence-electron chi connectivity index (χ0n) is 13.2. The minimum atomic E-state index is -0.153. The lowest BCUT2D eigenvalue weighted by molar-refractivity contribution is -0.118. The van der Waals surface area contributed by atoms with Crippen LogP contribution in [0.3, 0.4) is 0 Å². The average Bonchev–Trinajstić information content (AvgIpc) is 2.43. The maximum absolute atomic E-state index is 10.6. The lowest BCUT2D eigenvalue weighted by Crippen LogP contribution is -2.09. The Labute approximate surface area is 139 Å². The number of carbonyl (C=O) groups excluding carboxylic acids is 1. The summed E-state index contributed by atoms with van der Waals surface area (Å²) in [4.78, 5) is 10.6. The number of rotatable bonds is 16. The van der Waals surface area contributed by atoms with Crippen molar-refractivity contribution in [2.24, 2.45) is 5.73 Å². The molecule has 2 N–H and O–H groups in total. The molecule has 0 saturated carbocycles. The van der Waals surface area contributed by atoms with Crippen LogP contribution >= 0.6 is 22.6 Å². The minimum absolute atomic E-state index is 0.153. The summed E-state index contributed by atoms with van der Waals surface area (Å²) in [7, 11) is 0. The first-order valence-electron chi connectivity index (χ1n) is 8.61. The molecule has 0 aromatic rings. The molecule has 0 radical (unpaired) electrons. The van der Waals surface area contributed by atoms with Crippen LogP contribution in [0.15, 0.2) is 0 Å². The molecule has 0 spiro atoms. The highest BCUT2D eigenvalue weighted by Crippen LogP contribution is 2.13. The standard InChI is InChI=1S/C17H34INO/c18-16-14-12-10-8-6-4-2-1-3-5-7-9-11-13-15-17(19)20/h1-16H2,(H2,19,20). The van der Waals surface area contributed by atoms with Crippen LogP contribution in [0.25, 0.3) is 0 Å². The third kappa shape index (κ3) is 18.2. The fourth-order valence-corrected chi connectivity index (χ4v) is 3.05. The molecule has 20 heavy (non-hydrogen) atoms. The first-order chi connectivity index (χ1) is 9.77. The third-order valence-electron chi connectivity index (χ3n) is 3.81. The Kier molecular flexibility index (Phi) is 17.4. The molecule has 3 heteroatoms. The molecule has 0 aromatic carbocycles. The van der Waals surface area contributed by atoms with Crippen LogP contribution in [-0.2, 0) is 4.79 Å². The van der Waals surface area contributed by atoms with Gasteiger partial charge in [0.15, 0.2) is 0 Å². The van der Waals surface area contributed by atoms with Crippen molar-refractivity contribution in [3.05, 3.63) is 0 Å². The Morgan fingerprint density at radius 2 is 0.900 bits per heavy atom. The Balaban J connectivity index is 2.94. The van der Waals surface area contributed by atoms with Gasteiger partial charge in [0.2, 0.25) is 5.91 Å². The Morgan fingerprint density at radius 1 is 0.600 bits per heavy atom. The van der Waals surface area contributed by atoms with E-state index in [0.29, 0.717) is 6.42 Å². The molecule has 0 fully saturated rings. The third-order valence-corrected chi connectivity index (χ3v) is 4.57. The highest BCUT2D eigenvalue weighted by molar-refractivity contribution is 14.1. The van der Waals surface area contributed by atoms with Crippen molar-refractivity contribution in [1.82, 2.24) is 0 Å². The van der Waals surface area contributed by atoms with Crippen LogP contribution in [0.4, 0.5) is 0 Å². The molecule has 0 aliphatic carbocycles. The number of amides is 1. The number of alkyl halides is 1. The number of nitrogens with two attached hydrogens (primary N) is 1. The molecule has 2 nitrogen and oxygen atoms in total. The zero-order chi connectivity index (χ0) is 14.9. The van der Waals surface area contributed by atoms with Gasteiger partial charge in [0.25, 0.3) is 0 Å². The lowest BCUT2D eigenvalue weighted by atomic mass is 10.0. The molecule has 0 bridgehead atoms. The maximum Gasteiger partial charge on any atom is 0.217 e. The minimum Gasteiger partial charge on any atom is -0.370 e. The summed E-state index contributed by atoms with van der Waals surface area (Å²) in [5.41, 5.74) is 5.11. The summed E-state index contributed by atoms with van der Waals surface area (Å²) in [6.07, 6.45) is 19.5. The van der Waals surface area contributed by atoms with E-state index in [0.717, 1.165) is 6.42 Å². The molecule has 0 heterocycles. The highest BCUT2D eigenvalue weighted by atomic mass is 127. The van der Waals surface area contributed by atoms with Crippen LogP contribution in [0.5, 0.6) is 0 Å². The van der Waals surface area contributed by atoms with Gasteiger partial charge >= 0.3 is 0 Å². The molecule has 0 atom stereocenters. The van der Waals surface area contributed by atoms with E-state index in [9.17, 15) is 4.79 Å². The van der Waals surface area contributed by atoms with E-state index in [1.54, 1.807) is 0 Å².